The van der Waals surface area contributed by atoms with Crippen molar-refractivity contribution in [3.63, 3.8) is 0 Å². The lowest BCUT2D eigenvalue weighted by Crippen LogP contribution is -2.20. The summed E-state index contributed by atoms with van der Waals surface area (Å²) in [5.41, 5.74) is 0.551. The number of ether oxygens (including phenoxy) is 1. The topological polar surface area (TPSA) is 51.2 Å². The van der Waals surface area contributed by atoms with Crippen LogP contribution < -0.4 is 5.32 Å². The van der Waals surface area contributed by atoms with Crippen LogP contribution in [0.2, 0.25) is 5.02 Å². The molecule has 0 bridgehead atoms. The monoisotopic (exact) mass is 198 g/mol. The Morgan fingerprint density at radius 2 is 2.54 bits per heavy atom. The van der Waals surface area contributed by atoms with E-state index in [2.05, 4.69) is 10.3 Å². The average molecular weight is 199 g/mol. The number of amides is 1. The van der Waals surface area contributed by atoms with E-state index in [4.69, 9.17) is 16.3 Å². The quantitative estimate of drug-likeness (QED) is 0.729. The number of pyridine rings is 1. The van der Waals surface area contributed by atoms with Gasteiger partial charge in [-0.05, 0) is 12.1 Å². The van der Waals surface area contributed by atoms with Gasteiger partial charge in [-0.3, -0.25) is 9.78 Å². The van der Waals surface area contributed by atoms with Gasteiger partial charge in [0.05, 0.1) is 5.02 Å². The van der Waals surface area contributed by atoms with Crippen molar-refractivity contribution in [2.75, 3.05) is 6.61 Å². The van der Waals surface area contributed by atoms with Crippen LogP contribution in [-0.2, 0) is 9.53 Å². The van der Waals surface area contributed by atoms with Crippen LogP contribution in [0, 0.1) is 0 Å². The molecule has 2 rings (SSSR count). The average Bonchev–Trinajstić information content (AvgIpc) is 2.53. The maximum Gasteiger partial charge on any atom is 0.248 e. The van der Waals surface area contributed by atoms with Crippen LogP contribution in [-0.4, -0.2) is 17.5 Å². The third-order valence-electron chi connectivity index (χ3n) is 1.71. The van der Waals surface area contributed by atoms with Gasteiger partial charge in [0, 0.05) is 6.20 Å². The Morgan fingerprint density at radius 3 is 3.15 bits per heavy atom. The van der Waals surface area contributed by atoms with Crippen LogP contribution in [0.3, 0.4) is 0 Å². The molecular weight excluding hydrogens is 192 g/mol. The first-order chi connectivity index (χ1) is 6.27. The van der Waals surface area contributed by atoms with Crippen molar-refractivity contribution >= 4 is 17.5 Å². The van der Waals surface area contributed by atoms with E-state index in [-0.39, 0.29) is 12.5 Å². The van der Waals surface area contributed by atoms with Crippen LogP contribution >= 0.6 is 11.6 Å². The molecule has 0 radical (unpaired) electrons. The van der Waals surface area contributed by atoms with E-state index in [9.17, 15) is 4.79 Å². The molecule has 2 heterocycles. The minimum absolute atomic E-state index is 0.0670. The van der Waals surface area contributed by atoms with E-state index in [0.717, 1.165) is 0 Å². The van der Waals surface area contributed by atoms with Gasteiger partial charge in [0.1, 0.15) is 12.3 Å². The molecule has 1 aliphatic heterocycles. The van der Waals surface area contributed by atoms with Crippen molar-refractivity contribution < 1.29 is 9.53 Å². The summed E-state index contributed by atoms with van der Waals surface area (Å²) in [5, 5.41) is 3.10. The van der Waals surface area contributed by atoms with Crippen molar-refractivity contribution in [3.05, 3.63) is 29.0 Å². The molecule has 1 aromatic rings. The Hall–Kier alpha value is -1.13. The second-order valence-electron chi connectivity index (χ2n) is 2.63. The summed E-state index contributed by atoms with van der Waals surface area (Å²) < 4.78 is 5.12. The Bertz CT molecular complexity index is 343. The molecule has 1 saturated heterocycles. The van der Waals surface area contributed by atoms with Gasteiger partial charge in [0.25, 0.3) is 0 Å². The lowest BCUT2D eigenvalue weighted by molar-refractivity contribution is -0.119. The van der Waals surface area contributed by atoms with E-state index in [1.165, 1.54) is 0 Å². The Morgan fingerprint density at radius 1 is 1.69 bits per heavy atom. The fraction of sp³-hybridized carbons (Fsp3) is 0.250. The molecule has 0 aliphatic carbocycles. The third kappa shape index (κ3) is 1.64. The molecule has 0 saturated carbocycles. The van der Waals surface area contributed by atoms with Gasteiger partial charge in [0.15, 0.2) is 6.23 Å². The first-order valence-corrected chi connectivity index (χ1v) is 4.16. The van der Waals surface area contributed by atoms with E-state index in [1.807, 2.05) is 0 Å². The Labute approximate surface area is 79.9 Å². The van der Waals surface area contributed by atoms with Crippen LogP contribution in [0.5, 0.6) is 0 Å². The number of halogens is 1. The maximum atomic E-state index is 10.8. The first-order valence-electron chi connectivity index (χ1n) is 3.79. The molecule has 1 aliphatic rings. The van der Waals surface area contributed by atoms with Gasteiger partial charge < -0.3 is 10.1 Å². The minimum Gasteiger partial charge on any atom is -0.343 e. The number of hydrogen-bond acceptors (Lipinski definition) is 3. The predicted molar refractivity (Wildman–Crippen MR) is 46.1 cm³/mol. The van der Waals surface area contributed by atoms with Crippen LogP contribution in [0.4, 0.5) is 0 Å². The van der Waals surface area contributed by atoms with Crippen molar-refractivity contribution in [3.8, 4) is 0 Å². The Kier molecular flexibility index (Phi) is 2.16. The second kappa shape index (κ2) is 3.32. The maximum absolute atomic E-state index is 10.8. The van der Waals surface area contributed by atoms with Gasteiger partial charge in [-0.2, -0.15) is 0 Å². The summed E-state index contributed by atoms with van der Waals surface area (Å²) in [6, 6.07) is 3.43. The van der Waals surface area contributed by atoms with Gasteiger partial charge in [-0.15, -0.1) is 0 Å². The molecular formula is C8H7ClN2O2. The number of aromatic nitrogens is 1. The lowest BCUT2D eigenvalue weighted by atomic mass is 10.3. The normalized spacial score (nSPS) is 21.6. The summed E-state index contributed by atoms with van der Waals surface area (Å²) >= 11 is 5.86. The Balaban J connectivity index is 2.26. The SMILES string of the molecule is O=C1COC(c2ncccc2Cl)N1. The summed E-state index contributed by atoms with van der Waals surface area (Å²) in [6.07, 6.45) is 1.11. The molecule has 13 heavy (non-hydrogen) atoms. The standard InChI is InChI=1S/C8H7ClN2O2/c9-5-2-1-3-10-7(5)8-11-6(12)4-13-8/h1-3,8H,4H2,(H,11,12). The highest BCUT2D eigenvalue weighted by molar-refractivity contribution is 6.31. The van der Waals surface area contributed by atoms with Crippen molar-refractivity contribution in [2.24, 2.45) is 0 Å². The fourth-order valence-corrected chi connectivity index (χ4v) is 1.35. The highest BCUT2D eigenvalue weighted by Gasteiger charge is 2.25. The molecule has 1 unspecified atom stereocenters. The largest absolute Gasteiger partial charge is 0.343 e. The van der Waals surface area contributed by atoms with E-state index in [1.54, 1.807) is 18.3 Å². The molecule has 1 amide bonds. The van der Waals surface area contributed by atoms with E-state index >= 15 is 0 Å². The lowest BCUT2D eigenvalue weighted by Gasteiger charge is -2.09. The van der Waals surface area contributed by atoms with Crippen molar-refractivity contribution in [1.29, 1.82) is 0 Å². The minimum atomic E-state index is -0.499. The number of carbonyl (C=O) groups is 1. The highest BCUT2D eigenvalue weighted by atomic mass is 35.5. The smallest absolute Gasteiger partial charge is 0.248 e. The zero-order valence-corrected chi connectivity index (χ0v) is 7.41. The number of nitrogens with one attached hydrogen (secondary N) is 1. The van der Waals surface area contributed by atoms with E-state index < -0.39 is 6.23 Å². The van der Waals surface area contributed by atoms with Gasteiger partial charge in [-0.1, -0.05) is 11.6 Å². The van der Waals surface area contributed by atoms with Gasteiger partial charge >= 0.3 is 0 Å². The van der Waals surface area contributed by atoms with Crippen molar-refractivity contribution in [1.82, 2.24) is 10.3 Å². The van der Waals surface area contributed by atoms with Crippen LogP contribution in [0.1, 0.15) is 11.9 Å². The summed E-state index contributed by atoms with van der Waals surface area (Å²) in [4.78, 5) is 14.9. The third-order valence-corrected chi connectivity index (χ3v) is 2.03. The van der Waals surface area contributed by atoms with Crippen LogP contribution in [0.25, 0.3) is 0 Å². The van der Waals surface area contributed by atoms with E-state index in [0.29, 0.717) is 10.7 Å². The van der Waals surface area contributed by atoms with Gasteiger partial charge in [-0.25, -0.2) is 0 Å². The molecule has 5 heteroatoms. The molecule has 1 fully saturated rings. The molecule has 0 spiro atoms. The summed E-state index contributed by atoms with van der Waals surface area (Å²) in [7, 11) is 0. The molecule has 1 N–H and O–H groups in total. The highest BCUT2D eigenvalue weighted by Crippen LogP contribution is 2.23. The second-order valence-corrected chi connectivity index (χ2v) is 3.04. The summed E-state index contributed by atoms with van der Waals surface area (Å²) in [6.45, 7) is 0.0670. The number of rotatable bonds is 1. The number of carbonyl (C=O) groups excluding carboxylic acids is 1. The first kappa shape index (κ1) is 8.47. The van der Waals surface area contributed by atoms with Crippen LogP contribution in [0.15, 0.2) is 18.3 Å². The predicted octanol–water partition coefficient (Wildman–Crippen LogP) is 0.880. The molecule has 1 aromatic heterocycles. The number of nitrogens with zero attached hydrogens (tertiary/aromatic N) is 1. The molecule has 68 valence electrons. The number of hydrogen-bond donors (Lipinski definition) is 1. The molecule has 0 aromatic carbocycles. The fourth-order valence-electron chi connectivity index (χ4n) is 1.13. The molecule has 1 atom stereocenters. The van der Waals surface area contributed by atoms with Crippen molar-refractivity contribution in [2.45, 2.75) is 6.23 Å². The zero-order valence-electron chi connectivity index (χ0n) is 6.66. The van der Waals surface area contributed by atoms with Gasteiger partial charge in [0.2, 0.25) is 5.91 Å². The zero-order chi connectivity index (χ0) is 9.26. The molecule has 4 nitrogen and oxygen atoms in total. The summed E-state index contributed by atoms with van der Waals surface area (Å²) in [5.74, 6) is -0.147.